The number of anilines is 2. The molecule has 0 radical (unpaired) electrons. The third-order valence-electron chi connectivity index (χ3n) is 3.64. The molecule has 1 aromatic carbocycles. The molecule has 0 saturated carbocycles. The predicted octanol–water partition coefficient (Wildman–Crippen LogP) is 1.93. The standard InChI is InChI=1S/C16H19BrN6O3/c1-24-13-4-3-12(17)9-11(13)10-18-22-14-19-15(21-16(20-14)25-2)23-5-7-26-8-6-23/h3-4,9-10H,5-8H2,1-2H3,(H,19,20,21,22)/b18-10-. The normalized spacial score (nSPS) is 14.5. The first kappa shape index (κ1) is 18.3. The zero-order valence-electron chi connectivity index (χ0n) is 14.5. The van der Waals surface area contributed by atoms with Crippen molar-refractivity contribution in [2.24, 2.45) is 5.10 Å². The third-order valence-corrected chi connectivity index (χ3v) is 4.13. The van der Waals surface area contributed by atoms with E-state index < -0.39 is 0 Å². The number of methoxy groups -OCH3 is 2. The highest BCUT2D eigenvalue weighted by atomic mass is 79.9. The molecule has 1 N–H and O–H groups in total. The Morgan fingerprint density at radius 1 is 1.19 bits per heavy atom. The van der Waals surface area contributed by atoms with Gasteiger partial charge in [0.2, 0.25) is 5.95 Å². The SMILES string of the molecule is COc1nc(N/N=C\c2cc(Br)ccc2OC)nc(N2CCOCC2)n1. The minimum Gasteiger partial charge on any atom is -0.496 e. The molecule has 0 atom stereocenters. The van der Waals surface area contributed by atoms with E-state index >= 15 is 0 Å². The summed E-state index contributed by atoms with van der Waals surface area (Å²) in [7, 11) is 3.12. The number of halogens is 1. The van der Waals surface area contributed by atoms with Gasteiger partial charge in [-0.3, -0.25) is 0 Å². The molecular formula is C16H19BrN6O3. The summed E-state index contributed by atoms with van der Waals surface area (Å²) in [6.07, 6.45) is 1.63. The molecule has 0 spiro atoms. The van der Waals surface area contributed by atoms with Gasteiger partial charge in [0.1, 0.15) is 5.75 Å². The summed E-state index contributed by atoms with van der Waals surface area (Å²) in [6, 6.07) is 5.87. The molecule has 3 rings (SSSR count). The lowest BCUT2D eigenvalue weighted by atomic mass is 10.2. The number of ether oxygens (including phenoxy) is 3. The molecule has 26 heavy (non-hydrogen) atoms. The summed E-state index contributed by atoms with van der Waals surface area (Å²) in [4.78, 5) is 14.9. The molecule has 0 amide bonds. The topological polar surface area (TPSA) is 94.0 Å². The zero-order valence-corrected chi connectivity index (χ0v) is 16.1. The molecule has 0 bridgehead atoms. The molecule has 1 aliphatic rings. The van der Waals surface area contributed by atoms with E-state index in [4.69, 9.17) is 14.2 Å². The third kappa shape index (κ3) is 4.58. The number of morpholine rings is 1. The number of hydrogen-bond acceptors (Lipinski definition) is 9. The first-order chi connectivity index (χ1) is 12.7. The first-order valence-corrected chi connectivity index (χ1v) is 8.74. The molecule has 0 unspecified atom stereocenters. The number of rotatable bonds is 6. The van der Waals surface area contributed by atoms with Gasteiger partial charge in [-0.15, -0.1) is 0 Å². The molecule has 2 aromatic rings. The van der Waals surface area contributed by atoms with Crippen molar-refractivity contribution >= 4 is 34.0 Å². The van der Waals surface area contributed by atoms with E-state index in [1.165, 1.54) is 7.11 Å². The second-order valence-electron chi connectivity index (χ2n) is 5.30. The summed E-state index contributed by atoms with van der Waals surface area (Å²) in [6.45, 7) is 2.70. The van der Waals surface area contributed by atoms with E-state index in [0.717, 1.165) is 10.0 Å². The number of aromatic nitrogens is 3. The number of hydrazone groups is 1. The number of benzene rings is 1. The van der Waals surface area contributed by atoms with Crippen molar-refractivity contribution in [2.45, 2.75) is 0 Å². The fraction of sp³-hybridized carbons (Fsp3) is 0.375. The Bertz CT molecular complexity index is 783. The fourth-order valence-corrected chi connectivity index (χ4v) is 2.74. The second-order valence-corrected chi connectivity index (χ2v) is 6.22. The van der Waals surface area contributed by atoms with Crippen LogP contribution >= 0.6 is 15.9 Å². The van der Waals surface area contributed by atoms with Gasteiger partial charge in [0.05, 0.1) is 33.6 Å². The van der Waals surface area contributed by atoms with Crippen LogP contribution in [0, 0.1) is 0 Å². The lowest BCUT2D eigenvalue weighted by molar-refractivity contribution is 0.122. The van der Waals surface area contributed by atoms with Crippen LogP contribution in [0.3, 0.4) is 0 Å². The van der Waals surface area contributed by atoms with Gasteiger partial charge >= 0.3 is 6.01 Å². The van der Waals surface area contributed by atoms with E-state index in [-0.39, 0.29) is 6.01 Å². The summed E-state index contributed by atoms with van der Waals surface area (Å²) >= 11 is 3.43. The van der Waals surface area contributed by atoms with Gasteiger partial charge in [0.15, 0.2) is 0 Å². The maximum atomic E-state index is 5.35. The maximum absolute atomic E-state index is 5.35. The Labute approximate surface area is 159 Å². The van der Waals surface area contributed by atoms with Crippen molar-refractivity contribution in [1.82, 2.24) is 15.0 Å². The number of nitrogens with zero attached hydrogens (tertiary/aromatic N) is 5. The van der Waals surface area contributed by atoms with Crippen LogP contribution in [0.5, 0.6) is 11.8 Å². The van der Waals surface area contributed by atoms with Crippen LogP contribution in [-0.2, 0) is 4.74 Å². The van der Waals surface area contributed by atoms with E-state index in [1.54, 1.807) is 13.3 Å². The van der Waals surface area contributed by atoms with E-state index in [9.17, 15) is 0 Å². The quantitative estimate of drug-likeness (QED) is 0.557. The van der Waals surface area contributed by atoms with Crippen LogP contribution in [0.1, 0.15) is 5.56 Å². The van der Waals surface area contributed by atoms with Gasteiger partial charge in [-0.25, -0.2) is 5.43 Å². The fourth-order valence-electron chi connectivity index (χ4n) is 2.36. The molecular weight excluding hydrogens is 404 g/mol. The predicted molar refractivity (Wildman–Crippen MR) is 101 cm³/mol. The first-order valence-electron chi connectivity index (χ1n) is 7.95. The highest BCUT2D eigenvalue weighted by molar-refractivity contribution is 9.10. The Morgan fingerprint density at radius 3 is 2.73 bits per heavy atom. The average Bonchev–Trinajstić information content (AvgIpc) is 2.68. The smallest absolute Gasteiger partial charge is 0.322 e. The van der Waals surface area contributed by atoms with E-state index in [1.807, 2.05) is 23.1 Å². The van der Waals surface area contributed by atoms with Crippen molar-refractivity contribution in [3.63, 3.8) is 0 Å². The molecule has 1 aliphatic heterocycles. The van der Waals surface area contributed by atoms with Crippen molar-refractivity contribution in [1.29, 1.82) is 0 Å². The minimum atomic E-state index is 0.222. The van der Waals surface area contributed by atoms with Gasteiger partial charge in [-0.2, -0.15) is 20.1 Å². The van der Waals surface area contributed by atoms with Gasteiger partial charge in [0.25, 0.3) is 5.95 Å². The molecule has 0 aliphatic carbocycles. The summed E-state index contributed by atoms with van der Waals surface area (Å²) in [5, 5.41) is 4.20. The summed E-state index contributed by atoms with van der Waals surface area (Å²) in [5.41, 5.74) is 3.63. The Hall–Kier alpha value is -2.46. The van der Waals surface area contributed by atoms with Gasteiger partial charge in [0, 0.05) is 23.1 Å². The second kappa shape index (κ2) is 8.77. The number of nitrogens with one attached hydrogen (secondary N) is 1. The molecule has 2 heterocycles. The molecule has 10 heteroatoms. The van der Waals surface area contributed by atoms with Crippen molar-refractivity contribution in [2.75, 3.05) is 50.8 Å². The highest BCUT2D eigenvalue weighted by Gasteiger charge is 2.16. The van der Waals surface area contributed by atoms with Crippen LogP contribution in [0.25, 0.3) is 0 Å². The lowest BCUT2D eigenvalue weighted by Gasteiger charge is -2.26. The Kier molecular flexibility index (Phi) is 6.18. The van der Waals surface area contributed by atoms with Crippen molar-refractivity contribution in [3.05, 3.63) is 28.2 Å². The summed E-state index contributed by atoms with van der Waals surface area (Å²) < 4.78 is 16.8. The minimum absolute atomic E-state index is 0.222. The van der Waals surface area contributed by atoms with Crippen LogP contribution in [0.2, 0.25) is 0 Å². The maximum Gasteiger partial charge on any atom is 0.322 e. The lowest BCUT2D eigenvalue weighted by Crippen LogP contribution is -2.37. The molecule has 1 saturated heterocycles. The zero-order chi connectivity index (χ0) is 18.4. The molecule has 9 nitrogen and oxygen atoms in total. The van der Waals surface area contributed by atoms with Crippen molar-refractivity contribution in [3.8, 4) is 11.8 Å². The van der Waals surface area contributed by atoms with Gasteiger partial charge in [-0.05, 0) is 18.2 Å². The van der Waals surface area contributed by atoms with E-state index in [0.29, 0.717) is 43.9 Å². The van der Waals surface area contributed by atoms with Crippen LogP contribution < -0.4 is 19.8 Å². The molecule has 1 fully saturated rings. The van der Waals surface area contributed by atoms with Crippen LogP contribution in [-0.4, -0.2) is 61.7 Å². The Balaban J connectivity index is 1.77. The van der Waals surface area contributed by atoms with E-state index in [2.05, 4.69) is 41.4 Å². The Morgan fingerprint density at radius 2 is 2.00 bits per heavy atom. The van der Waals surface area contributed by atoms with Crippen LogP contribution in [0.4, 0.5) is 11.9 Å². The average molecular weight is 423 g/mol. The summed E-state index contributed by atoms with van der Waals surface area (Å²) in [5.74, 6) is 1.53. The largest absolute Gasteiger partial charge is 0.496 e. The van der Waals surface area contributed by atoms with Crippen molar-refractivity contribution < 1.29 is 14.2 Å². The molecule has 1 aromatic heterocycles. The van der Waals surface area contributed by atoms with Gasteiger partial charge < -0.3 is 19.1 Å². The van der Waals surface area contributed by atoms with Gasteiger partial charge in [-0.1, -0.05) is 15.9 Å². The number of hydrogen-bond donors (Lipinski definition) is 1. The molecule has 138 valence electrons. The highest BCUT2D eigenvalue weighted by Crippen LogP contribution is 2.21. The monoisotopic (exact) mass is 422 g/mol. The van der Waals surface area contributed by atoms with Crippen LogP contribution in [0.15, 0.2) is 27.8 Å².